The monoisotopic (exact) mass is 290 g/mol. The van der Waals surface area contributed by atoms with Gasteiger partial charge in [-0.3, -0.25) is 0 Å². The number of hydrogen-bond acceptors (Lipinski definition) is 3. The summed E-state index contributed by atoms with van der Waals surface area (Å²) in [6, 6.07) is 7.37. The van der Waals surface area contributed by atoms with Crippen molar-refractivity contribution in [1.82, 2.24) is 0 Å². The van der Waals surface area contributed by atoms with E-state index in [1.807, 2.05) is 13.0 Å². The maximum atomic E-state index is 14.4. The SMILES string of the molecule is CC1c2ccsc2CCN1c1c(F)cccc1[C@H](C)N. The molecule has 0 aliphatic carbocycles. The molecular formula is C16H19FN2S. The first-order valence-electron chi connectivity index (χ1n) is 6.96. The van der Waals surface area contributed by atoms with Crippen molar-refractivity contribution in [2.45, 2.75) is 32.4 Å². The van der Waals surface area contributed by atoms with Crippen LogP contribution < -0.4 is 10.6 Å². The predicted molar refractivity (Wildman–Crippen MR) is 82.8 cm³/mol. The molecule has 1 aromatic carbocycles. The first kappa shape index (κ1) is 13.6. The van der Waals surface area contributed by atoms with Gasteiger partial charge in [0.15, 0.2) is 0 Å². The lowest BCUT2D eigenvalue weighted by Crippen LogP contribution is -2.35. The maximum absolute atomic E-state index is 14.4. The van der Waals surface area contributed by atoms with Crippen LogP contribution in [0.1, 0.15) is 41.9 Å². The van der Waals surface area contributed by atoms with Crippen LogP contribution in [0.15, 0.2) is 29.6 Å². The fourth-order valence-corrected chi connectivity index (χ4v) is 3.98. The number of benzene rings is 1. The largest absolute Gasteiger partial charge is 0.362 e. The van der Waals surface area contributed by atoms with Crippen LogP contribution in [0.5, 0.6) is 0 Å². The van der Waals surface area contributed by atoms with Gasteiger partial charge in [-0.1, -0.05) is 12.1 Å². The van der Waals surface area contributed by atoms with E-state index >= 15 is 0 Å². The highest BCUT2D eigenvalue weighted by Crippen LogP contribution is 2.39. The summed E-state index contributed by atoms with van der Waals surface area (Å²) < 4.78 is 14.4. The van der Waals surface area contributed by atoms with Crippen LogP contribution in [-0.4, -0.2) is 6.54 Å². The van der Waals surface area contributed by atoms with Gasteiger partial charge in [-0.25, -0.2) is 4.39 Å². The molecule has 1 aliphatic heterocycles. The van der Waals surface area contributed by atoms with E-state index in [4.69, 9.17) is 5.73 Å². The number of halogens is 1. The maximum Gasteiger partial charge on any atom is 0.146 e. The average Bonchev–Trinajstić information content (AvgIpc) is 2.89. The summed E-state index contributed by atoms with van der Waals surface area (Å²) in [5.41, 5.74) is 8.90. The van der Waals surface area contributed by atoms with E-state index in [1.165, 1.54) is 16.5 Å². The molecule has 0 bridgehead atoms. The summed E-state index contributed by atoms with van der Waals surface area (Å²) in [5.74, 6) is -0.176. The van der Waals surface area contributed by atoms with Crippen LogP contribution >= 0.6 is 11.3 Å². The summed E-state index contributed by atoms with van der Waals surface area (Å²) in [4.78, 5) is 3.58. The van der Waals surface area contributed by atoms with Gasteiger partial charge in [0.05, 0.1) is 11.7 Å². The van der Waals surface area contributed by atoms with Crippen LogP contribution in [0.3, 0.4) is 0 Å². The molecular weight excluding hydrogens is 271 g/mol. The van der Waals surface area contributed by atoms with Gasteiger partial charge in [0.2, 0.25) is 0 Å². The number of rotatable bonds is 2. The van der Waals surface area contributed by atoms with Crippen molar-refractivity contribution in [3.05, 3.63) is 51.5 Å². The summed E-state index contributed by atoms with van der Waals surface area (Å²) in [5, 5.41) is 2.12. The minimum atomic E-state index is -0.176. The zero-order valence-electron chi connectivity index (χ0n) is 11.8. The normalized spacial score (nSPS) is 19.8. The zero-order valence-corrected chi connectivity index (χ0v) is 12.6. The van der Waals surface area contributed by atoms with Gasteiger partial charge in [-0.05, 0) is 48.9 Å². The van der Waals surface area contributed by atoms with Gasteiger partial charge in [0.1, 0.15) is 5.82 Å². The molecule has 2 aromatic rings. The number of fused-ring (bicyclic) bond motifs is 1. The molecule has 1 aromatic heterocycles. The van der Waals surface area contributed by atoms with Crippen LogP contribution in [0.25, 0.3) is 0 Å². The summed E-state index contributed by atoms with van der Waals surface area (Å²) in [7, 11) is 0. The number of anilines is 1. The number of thiophene rings is 1. The molecule has 0 amide bonds. The third-order valence-electron chi connectivity index (χ3n) is 4.07. The van der Waals surface area contributed by atoms with E-state index in [0.717, 1.165) is 18.5 Å². The molecule has 0 spiro atoms. The molecule has 0 saturated carbocycles. The number of hydrogen-bond donors (Lipinski definition) is 1. The van der Waals surface area contributed by atoms with Crippen LogP contribution in [0.4, 0.5) is 10.1 Å². The highest BCUT2D eigenvalue weighted by atomic mass is 32.1. The Kier molecular flexibility index (Phi) is 3.52. The van der Waals surface area contributed by atoms with E-state index in [1.54, 1.807) is 17.4 Å². The summed E-state index contributed by atoms with van der Waals surface area (Å²) in [6.07, 6.45) is 0.976. The molecule has 4 heteroatoms. The molecule has 2 N–H and O–H groups in total. The lowest BCUT2D eigenvalue weighted by molar-refractivity contribution is 0.575. The summed E-state index contributed by atoms with van der Waals surface area (Å²) >= 11 is 1.80. The van der Waals surface area contributed by atoms with Gasteiger partial charge in [0, 0.05) is 17.5 Å². The Balaban J connectivity index is 2.07. The van der Waals surface area contributed by atoms with E-state index < -0.39 is 0 Å². The van der Waals surface area contributed by atoms with E-state index in [0.29, 0.717) is 5.69 Å². The molecule has 0 saturated heterocycles. The van der Waals surface area contributed by atoms with E-state index in [2.05, 4.69) is 23.3 Å². The molecule has 0 fully saturated rings. The quantitative estimate of drug-likeness (QED) is 0.904. The Labute approximate surface area is 123 Å². The Morgan fingerprint density at radius 2 is 2.20 bits per heavy atom. The second-order valence-electron chi connectivity index (χ2n) is 5.38. The Bertz CT molecular complexity index is 621. The zero-order chi connectivity index (χ0) is 14.3. The minimum absolute atomic E-state index is 0.170. The van der Waals surface area contributed by atoms with Crippen molar-refractivity contribution in [3.8, 4) is 0 Å². The molecule has 2 heterocycles. The Morgan fingerprint density at radius 3 is 2.95 bits per heavy atom. The molecule has 1 unspecified atom stereocenters. The highest BCUT2D eigenvalue weighted by molar-refractivity contribution is 7.10. The average molecular weight is 290 g/mol. The summed E-state index contributed by atoms with van der Waals surface area (Å²) in [6.45, 7) is 4.89. The molecule has 20 heavy (non-hydrogen) atoms. The molecule has 0 radical (unpaired) electrons. The number of nitrogens with two attached hydrogens (primary N) is 1. The lowest BCUT2D eigenvalue weighted by atomic mass is 9.97. The molecule has 1 aliphatic rings. The van der Waals surface area contributed by atoms with Gasteiger partial charge >= 0.3 is 0 Å². The Hall–Kier alpha value is -1.39. The van der Waals surface area contributed by atoms with Gasteiger partial charge in [-0.2, -0.15) is 0 Å². The third kappa shape index (κ3) is 2.13. The highest BCUT2D eigenvalue weighted by Gasteiger charge is 2.28. The van der Waals surface area contributed by atoms with Crippen molar-refractivity contribution in [2.75, 3.05) is 11.4 Å². The van der Waals surface area contributed by atoms with Gasteiger partial charge < -0.3 is 10.6 Å². The second-order valence-corrected chi connectivity index (χ2v) is 6.39. The molecule has 2 atom stereocenters. The fourth-order valence-electron chi connectivity index (χ4n) is 3.02. The number of nitrogens with zero attached hydrogens (tertiary/aromatic N) is 1. The number of para-hydroxylation sites is 1. The van der Waals surface area contributed by atoms with Gasteiger partial charge in [0.25, 0.3) is 0 Å². The minimum Gasteiger partial charge on any atom is -0.362 e. The van der Waals surface area contributed by atoms with E-state index in [-0.39, 0.29) is 17.9 Å². The standard InChI is InChI=1S/C16H19FN2S/c1-10(18)12-4-3-5-14(17)16(12)19-8-6-15-13(11(19)2)7-9-20-15/h3-5,7,9-11H,6,8,18H2,1-2H3/t10-,11?/m0/s1. The van der Waals surface area contributed by atoms with Crippen molar-refractivity contribution >= 4 is 17.0 Å². The van der Waals surface area contributed by atoms with E-state index in [9.17, 15) is 4.39 Å². The Morgan fingerprint density at radius 1 is 1.40 bits per heavy atom. The van der Waals surface area contributed by atoms with Crippen molar-refractivity contribution in [1.29, 1.82) is 0 Å². The molecule has 2 nitrogen and oxygen atoms in total. The van der Waals surface area contributed by atoms with Crippen LogP contribution in [-0.2, 0) is 6.42 Å². The van der Waals surface area contributed by atoms with Crippen molar-refractivity contribution in [3.63, 3.8) is 0 Å². The van der Waals surface area contributed by atoms with Crippen molar-refractivity contribution < 1.29 is 4.39 Å². The topological polar surface area (TPSA) is 29.3 Å². The smallest absolute Gasteiger partial charge is 0.146 e. The fraction of sp³-hybridized carbons (Fsp3) is 0.375. The third-order valence-corrected chi connectivity index (χ3v) is 5.07. The van der Waals surface area contributed by atoms with Crippen LogP contribution in [0.2, 0.25) is 0 Å². The molecule has 3 rings (SSSR count). The van der Waals surface area contributed by atoms with Crippen LogP contribution in [0, 0.1) is 5.82 Å². The first-order valence-corrected chi connectivity index (χ1v) is 7.84. The van der Waals surface area contributed by atoms with Gasteiger partial charge in [-0.15, -0.1) is 11.3 Å². The lowest BCUT2D eigenvalue weighted by Gasteiger charge is -2.37. The van der Waals surface area contributed by atoms with Crippen molar-refractivity contribution in [2.24, 2.45) is 5.73 Å². The predicted octanol–water partition coefficient (Wildman–Crippen LogP) is 4.03. The molecule has 106 valence electrons. The second kappa shape index (κ2) is 5.19. The first-order chi connectivity index (χ1) is 9.59.